The minimum Gasteiger partial charge on any atom is -0.497 e. The molecule has 1 aromatic heterocycles. The van der Waals surface area contributed by atoms with Crippen LogP contribution in [0.5, 0.6) is 17.2 Å². The van der Waals surface area contributed by atoms with E-state index in [9.17, 15) is 14.4 Å². The van der Waals surface area contributed by atoms with Crippen LogP contribution in [0, 0.1) is 0 Å². The Morgan fingerprint density at radius 1 is 0.808 bits per heavy atom. The van der Waals surface area contributed by atoms with E-state index in [1.54, 1.807) is 61.9 Å². The lowest BCUT2D eigenvalue weighted by atomic mass is 9.93. The molecule has 0 fully saturated rings. The molecule has 2 heterocycles. The number of aromatic nitrogens is 1. The highest BCUT2D eigenvalue weighted by Gasteiger charge is 2.35. The van der Waals surface area contributed by atoms with Gasteiger partial charge in [0.05, 0.1) is 54.3 Å². The summed E-state index contributed by atoms with van der Waals surface area (Å²) < 4.78 is 30.1. The van der Waals surface area contributed by atoms with Gasteiger partial charge in [-0.25, -0.2) is 14.6 Å². The first kappa shape index (κ1) is 35.9. The molecule has 266 valence electrons. The second kappa shape index (κ2) is 16.4. The van der Waals surface area contributed by atoms with Crippen LogP contribution < -0.4 is 29.1 Å². The van der Waals surface area contributed by atoms with Gasteiger partial charge < -0.3 is 23.7 Å². The number of hydrogen-bond donors (Lipinski definition) is 0. The molecule has 6 rings (SSSR count). The van der Waals surface area contributed by atoms with Crippen molar-refractivity contribution in [3.8, 4) is 17.2 Å². The Morgan fingerprint density at radius 2 is 1.52 bits per heavy atom. The van der Waals surface area contributed by atoms with Crippen molar-refractivity contribution < 1.29 is 33.3 Å². The Kier molecular flexibility index (Phi) is 11.3. The minimum absolute atomic E-state index is 0.161. The predicted octanol–water partition coefficient (Wildman–Crippen LogP) is 6.10. The van der Waals surface area contributed by atoms with Gasteiger partial charge in [-0.2, -0.15) is 0 Å². The number of rotatable bonds is 13. The van der Waals surface area contributed by atoms with E-state index in [0.717, 1.165) is 11.1 Å². The van der Waals surface area contributed by atoms with Gasteiger partial charge in [0.1, 0.15) is 12.4 Å². The molecule has 1 aliphatic rings. The summed E-state index contributed by atoms with van der Waals surface area (Å²) >= 11 is 1.24. The Morgan fingerprint density at radius 3 is 2.19 bits per heavy atom. The molecule has 0 spiro atoms. The number of ether oxygens (including phenoxy) is 5. The summed E-state index contributed by atoms with van der Waals surface area (Å²) in [6.45, 7) is 6.51. The van der Waals surface area contributed by atoms with E-state index in [2.05, 4.69) is 0 Å². The summed E-state index contributed by atoms with van der Waals surface area (Å²) in [6, 6.07) is 28.4. The van der Waals surface area contributed by atoms with Gasteiger partial charge in [-0.3, -0.25) is 9.36 Å². The number of carbonyl (C=O) groups is 2. The molecule has 0 unspecified atom stereocenters. The SMILES string of the molecule is CCOC(=O)C1=C(c2ccccc2)N=c2s/c(=C\c3ccc(OCc4ccc(C(=O)OCC)cc4)c(OCC)c3)c(=O)n2[C@@H]1c1ccc(OC)cc1. The predicted molar refractivity (Wildman–Crippen MR) is 198 cm³/mol. The summed E-state index contributed by atoms with van der Waals surface area (Å²) in [5.74, 6) is 0.766. The fourth-order valence-electron chi connectivity index (χ4n) is 5.81. The van der Waals surface area contributed by atoms with E-state index < -0.39 is 12.0 Å². The summed E-state index contributed by atoms with van der Waals surface area (Å²) in [7, 11) is 1.58. The summed E-state index contributed by atoms with van der Waals surface area (Å²) in [5.41, 5.74) is 3.90. The van der Waals surface area contributed by atoms with Crippen LogP contribution in [0.3, 0.4) is 0 Å². The Bertz CT molecular complexity index is 2270. The molecule has 0 saturated carbocycles. The number of hydrogen-bond acceptors (Lipinski definition) is 10. The molecular weight excluding hydrogens is 681 g/mol. The second-order valence-electron chi connectivity index (χ2n) is 11.5. The van der Waals surface area contributed by atoms with E-state index in [-0.39, 0.29) is 30.3 Å². The van der Waals surface area contributed by atoms with Gasteiger partial charge in [0, 0.05) is 5.56 Å². The lowest BCUT2D eigenvalue weighted by molar-refractivity contribution is -0.138. The molecule has 1 atom stereocenters. The molecular formula is C41H38N2O8S. The minimum atomic E-state index is -0.806. The van der Waals surface area contributed by atoms with Gasteiger partial charge >= 0.3 is 11.9 Å². The quantitative estimate of drug-likeness (QED) is 0.134. The molecule has 5 aromatic rings. The molecule has 0 N–H and O–H groups in total. The van der Waals surface area contributed by atoms with Crippen molar-refractivity contribution in [3.63, 3.8) is 0 Å². The number of methoxy groups -OCH3 is 1. The summed E-state index contributed by atoms with van der Waals surface area (Å²) in [4.78, 5) is 45.4. The van der Waals surface area contributed by atoms with Gasteiger partial charge in [-0.1, -0.05) is 72.0 Å². The van der Waals surface area contributed by atoms with Gasteiger partial charge in [-0.05, 0) is 79.9 Å². The molecule has 52 heavy (non-hydrogen) atoms. The maximum atomic E-state index is 14.3. The van der Waals surface area contributed by atoms with Crippen LogP contribution in [-0.4, -0.2) is 43.4 Å². The van der Waals surface area contributed by atoms with Crippen molar-refractivity contribution in [3.05, 3.63) is 150 Å². The average Bonchev–Trinajstić information content (AvgIpc) is 3.48. The first-order valence-corrected chi connectivity index (χ1v) is 17.7. The maximum Gasteiger partial charge on any atom is 0.338 e. The van der Waals surface area contributed by atoms with E-state index in [4.69, 9.17) is 28.7 Å². The van der Waals surface area contributed by atoms with Crippen molar-refractivity contribution in [2.75, 3.05) is 26.9 Å². The largest absolute Gasteiger partial charge is 0.497 e. The maximum absolute atomic E-state index is 14.3. The topological polar surface area (TPSA) is 115 Å². The van der Waals surface area contributed by atoms with Gasteiger partial charge in [0.25, 0.3) is 5.56 Å². The fraction of sp³-hybridized carbons (Fsp3) is 0.220. The number of benzene rings is 4. The Labute approximate surface area is 304 Å². The molecule has 0 amide bonds. The highest BCUT2D eigenvalue weighted by molar-refractivity contribution is 7.07. The number of thiazole rings is 1. The first-order chi connectivity index (χ1) is 25.3. The number of carbonyl (C=O) groups excluding carboxylic acids is 2. The third-order valence-corrected chi connectivity index (χ3v) is 9.21. The van der Waals surface area contributed by atoms with Crippen LogP contribution in [0.15, 0.2) is 112 Å². The lowest BCUT2D eigenvalue weighted by Crippen LogP contribution is -2.40. The molecule has 0 saturated heterocycles. The Hall–Kier alpha value is -5.94. The van der Waals surface area contributed by atoms with Gasteiger partial charge in [0.15, 0.2) is 16.3 Å². The molecule has 0 bridgehead atoms. The molecule has 1 aliphatic heterocycles. The van der Waals surface area contributed by atoms with E-state index in [1.165, 1.54) is 11.3 Å². The molecule has 10 nitrogen and oxygen atoms in total. The summed E-state index contributed by atoms with van der Waals surface area (Å²) in [5, 5.41) is 0. The molecule has 11 heteroatoms. The third kappa shape index (κ3) is 7.69. The monoisotopic (exact) mass is 718 g/mol. The van der Waals surface area contributed by atoms with Crippen LogP contribution in [0.2, 0.25) is 0 Å². The molecule has 4 aromatic carbocycles. The second-order valence-corrected chi connectivity index (χ2v) is 12.6. The normalized spacial score (nSPS) is 13.9. The van der Waals surface area contributed by atoms with E-state index in [1.807, 2.05) is 73.7 Å². The standard InChI is InChI=1S/C41H38N2O8S/c1-5-48-33-23-27(15-22-32(33)51-25-26-13-16-30(17-14-26)39(45)49-6-2)24-34-38(44)43-37(29-18-20-31(47-4)21-19-29)35(40(46)50-7-3)36(42-41(43)52-34)28-11-9-8-10-12-28/h8-24,37H,5-7,25H2,1-4H3/b34-24-/t37-/m1/s1. The number of esters is 2. The lowest BCUT2D eigenvalue weighted by Gasteiger charge is -2.26. The highest BCUT2D eigenvalue weighted by atomic mass is 32.1. The van der Waals surface area contributed by atoms with Crippen LogP contribution in [0.4, 0.5) is 0 Å². The summed E-state index contributed by atoms with van der Waals surface area (Å²) in [6.07, 6.45) is 1.78. The number of fused-ring (bicyclic) bond motifs is 1. The zero-order chi connectivity index (χ0) is 36.6. The Balaban J connectivity index is 1.40. The van der Waals surface area contributed by atoms with Crippen molar-refractivity contribution in [2.45, 2.75) is 33.4 Å². The van der Waals surface area contributed by atoms with Crippen molar-refractivity contribution in [1.29, 1.82) is 0 Å². The first-order valence-electron chi connectivity index (χ1n) is 16.9. The smallest absolute Gasteiger partial charge is 0.338 e. The van der Waals surface area contributed by atoms with Crippen LogP contribution >= 0.6 is 11.3 Å². The van der Waals surface area contributed by atoms with Crippen LogP contribution in [-0.2, 0) is 20.9 Å². The van der Waals surface area contributed by atoms with E-state index in [0.29, 0.717) is 62.2 Å². The molecule has 0 radical (unpaired) electrons. The van der Waals surface area contributed by atoms with Crippen molar-refractivity contribution in [2.24, 2.45) is 4.99 Å². The van der Waals surface area contributed by atoms with Crippen LogP contribution in [0.1, 0.15) is 59.4 Å². The zero-order valence-electron chi connectivity index (χ0n) is 29.3. The van der Waals surface area contributed by atoms with Gasteiger partial charge in [-0.15, -0.1) is 0 Å². The average molecular weight is 719 g/mol. The van der Waals surface area contributed by atoms with Crippen LogP contribution in [0.25, 0.3) is 11.8 Å². The van der Waals surface area contributed by atoms with E-state index >= 15 is 0 Å². The van der Waals surface area contributed by atoms with Crippen molar-refractivity contribution in [1.82, 2.24) is 4.57 Å². The molecule has 0 aliphatic carbocycles. The number of nitrogens with zero attached hydrogens (tertiary/aromatic N) is 2. The highest BCUT2D eigenvalue weighted by Crippen LogP contribution is 2.36. The fourth-order valence-corrected chi connectivity index (χ4v) is 6.81. The van der Waals surface area contributed by atoms with Crippen molar-refractivity contribution >= 4 is 35.0 Å². The van der Waals surface area contributed by atoms with Gasteiger partial charge in [0.2, 0.25) is 0 Å². The third-order valence-electron chi connectivity index (χ3n) is 8.23. The zero-order valence-corrected chi connectivity index (χ0v) is 30.1.